The van der Waals surface area contributed by atoms with E-state index in [9.17, 15) is 18.0 Å². The number of carbonyl (C=O) groups is 1. The number of methoxy groups -OCH3 is 1. The van der Waals surface area contributed by atoms with Crippen molar-refractivity contribution in [2.45, 2.75) is 50.0 Å². The van der Waals surface area contributed by atoms with Gasteiger partial charge in [0.1, 0.15) is 5.75 Å². The Balaban J connectivity index is 1.57. The smallest absolute Gasteiger partial charge is 0.279 e. The molecule has 192 valence electrons. The van der Waals surface area contributed by atoms with E-state index in [0.29, 0.717) is 22.3 Å². The molecule has 0 spiro atoms. The molecule has 1 saturated carbocycles. The van der Waals surface area contributed by atoms with Gasteiger partial charge in [0.25, 0.3) is 21.5 Å². The summed E-state index contributed by atoms with van der Waals surface area (Å²) < 4.78 is 36.6. The second kappa shape index (κ2) is 9.89. The molecule has 8 nitrogen and oxygen atoms in total. The van der Waals surface area contributed by atoms with Gasteiger partial charge in [-0.3, -0.25) is 14.3 Å². The van der Waals surface area contributed by atoms with Gasteiger partial charge in [0, 0.05) is 5.56 Å². The van der Waals surface area contributed by atoms with Crippen LogP contribution in [0.25, 0.3) is 16.6 Å². The maximum Gasteiger partial charge on any atom is 0.279 e. The van der Waals surface area contributed by atoms with E-state index in [0.717, 1.165) is 31.2 Å². The summed E-state index contributed by atoms with van der Waals surface area (Å²) in [6, 6.07) is 18.4. The van der Waals surface area contributed by atoms with Crippen LogP contribution in [0.1, 0.15) is 54.1 Å². The number of aromatic nitrogens is 2. The molecule has 0 atom stereocenters. The third-order valence-electron chi connectivity index (χ3n) is 6.94. The lowest BCUT2D eigenvalue weighted by Gasteiger charge is -2.26. The zero-order valence-corrected chi connectivity index (χ0v) is 21.6. The number of hydrogen-bond donors (Lipinski definition) is 1. The minimum Gasteiger partial charge on any atom is -0.497 e. The SMILES string of the molecule is COc1ccc(-n2c(=O)c3cc(C(=O)NS(=O)(=O)c4ccc(C)cc4)ccc3n2C2CCCCC2)cc1. The van der Waals surface area contributed by atoms with Gasteiger partial charge in [-0.15, -0.1) is 0 Å². The van der Waals surface area contributed by atoms with Gasteiger partial charge >= 0.3 is 0 Å². The number of amides is 1. The van der Waals surface area contributed by atoms with Crippen LogP contribution in [0.5, 0.6) is 5.75 Å². The Bertz CT molecular complexity index is 1610. The third kappa shape index (κ3) is 4.79. The van der Waals surface area contributed by atoms with Gasteiger partial charge in [-0.05, 0) is 74.4 Å². The predicted molar refractivity (Wildman–Crippen MR) is 142 cm³/mol. The lowest BCUT2D eigenvalue weighted by Crippen LogP contribution is -2.30. The van der Waals surface area contributed by atoms with E-state index in [4.69, 9.17) is 4.74 Å². The largest absolute Gasteiger partial charge is 0.497 e. The normalized spacial score (nSPS) is 14.5. The molecule has 1 fully saturated rings. The Kier molecular flexibility index (Phi) is 6.64. The van der Waals surface area contributed by atoms with Gasteiger partial charge in [0.15, 0.2) is 0 Å². The molecule has 1 aliphatic rings. The number of aryl methyl sites for hydroxylation is 1. The summed E-state index contributed by atoms with van der Waals surface area (Å²) in [5, 5.41) is 0.363. The van der Waals surface area contributed by atoms with E-state index < -0.39 is 15.9 Å². The van der Waals surface area contributed by atoms with Crippen LogP contribution in [0.3, 0.4) is 0 Å². The summed E-state index contributed by atoms with van der Waals surface area (Å²) in [6.45, 7) is 1.85. The Morgan fingerprint density at radius 3 is 2.27 bits per heavy atom. The topological polar surface area (TPSA) is 99.4 Å². The van der Waals surface area contributed by atoms with Crippen molar-refractivity contribution in [1.29, 1.82) is 0 Å². The van der Waals surface area contributed by atoms with Crippen LogP contribution in [0.2, 0.25) is 0 Å². The van der Waals surface area contributed by atoms with Crippen molar-refractivity contribution in [1.82, 2.24) is 14.1 Å². The van der Waals surface area contributed by atoms with Crippen molar-refractivity contribution in [2.24, 2.45) is 0 Å². The highest BCUT2D eigenvalue weighted by Crippen LogP contribution is 2.32. The van der Waals surface area contributed by atoms with Crippen LogP contribution in [-0.4, -0.2) is 30.8 Å². The third-order valence-corrected chi connectivity index (χ3v) is 8.29. The number of fused-ring (bicyclic) bond motifs is 1. The summed E-state index contributed by atoms with van der Waals surface area (Å²) in [5.41, 5.74) is 2.15. The minimum atomic E-state index is -4.06. The lowest BCUT2D eigenvalue weighted by molar-refractivity contribution is 0.0981. The van der Waals surface area contributed by atoms with E-state index in [1.165, 1.54) is 24.6 Å². The van der Waals surface area contributed by atoms with E-state index in [-0.39, 0.29) is 22.1 Å². The summed E-state index contributed by atoms with van der Waals surface area (Å²) in [7, 11) is -2.47. The monoisotopic (exact) mass is 519 g/mol. The number of benzene rings is 3. The van der Waals surface area contributed by atoms with E-state index in [1.807, 2.05) is 23.7 Å². The molecular weight excluding hydrogens is 490 g/mol. The molecule has 1 aliphatic carbocycles. The van der Waals surface area contributed by atoms with Crippen LogP contribution in [0, 0.1) is 6.92 Å². The first kappa shape index (κ1) is 24.8. The Labute approximate surface area is 215 Å². The van der Waals surface area contributed by atoms with Crippen LogP contribution < -0.4 is 15.0 Å². The van der Waals surface area contributed by atoms with Crippen LogP contribution >= 0.6 is 0 Å². The quantitative estimate of drug-likeness (QED) is 0.397. The first-order chi connectivity index (χ1) is 17.8. The zero-order chi connectivity index (χ0) is 26.2. The highest BCUT2D eigenvalue weighted by Gasteiger charge is 2.25. The van der Waals surface area contributed by atoms with Crippen LogP contribution in [-0.2, 0) is 10.0 Å². The standard InChI is InChI=1S/C28H29N3O5S/c1-19-8-15-24(16-9-19)37(34,35)29-27(32)20-10-17-26-25(18-20)28(33)31(22-11-13-23(36-2)14-12-22)30(26)21-6-4-3-5-7-21/h8-18,21H,3-7H2,1-2H3,(H,29,32). The fraction of sp³-hybridized carbons (Fsp3) is 0.286. The number of nitrogens with zero attached hydrogens (tertiary/aromatic N) is 2. The van der Waals surface area contributed by atoms with Gasteiger partial charge in [-0.1, -0.05) is 37.0 Å². The molecule has 0 radical (unpaired) electrons. The number of nitrogens with one attached hydrogen (secondary N) is 1. The molecule has 1 N–H and O–H groups in total. The predicted octanol–water partition coefficient (Wildman–Crippen LogP) is 4.73. The molecule has 1 amide bonds. The molecule has 4 aromatic rings. The lowest BCUT2D eigenvalue weighted by atomic mass is 9.95. The molecule has 0 bridgehead atoms. The van der Waals surface area contributed by atoms with Crippen molar-refractivity contribution in [3.8, 4) is 11.4 Å². The molecule has 5 rings (SSSR count). The van der Waals surface area contributed by atoms with Gasteiger partial charge in [-0.25, -0.2) is 17.8 Å². The highest BCUT2D eigenvalue weighted by atomic mass is 32.2. The zero-order valence-electron chi connectivity index (χ0n) is 20.8. The van der Waals surface area contributed by atoms with Crippen molar-refractivity contribution < 1.29 is 17.9 Å². The molecule has 1 heterocycles. The maximum absolute atomic E-state index is 13.7. The number of hydrogen-bond acceptors (Lipinski definition) is 5. The van der Waals surface area contributed by atoms with Crippen molar-refractivity contribution in [3.63, 3.8) is 0 Å². The molecule has 0 unspecified atom stereocenters. The first-order valence-corrected chi connectivity index (χ1v) is 13.8. The van der Waals surface area contributed by atoms with E-state index >= 15 is 0 Å². The van der Waals surface area contributed by atoms with Crippen molar-refractivity contribution in [3.05, 3.63) is 88.2 Å². The first-order valence-electron chi connectivity index (χ1n) is 12.3. The second-order valence-electron chi connectivity index (χ2n) is 9.43. The summed E-state index contributed by atoms with van der Waals surface area (Å²) in [5.74, 6) is -0.103. The summed E-state index contributed by atoms with van der Waals surface area (Å²) in [4.78, 5) is 26.7. The molecule has 9 heteroatoms. The molecule has 37 heavy (non-hydrogen) atoms. The second-order valence-corrected chi connectivity index (χ2v) is 11.1. The number of sulfonamides is 1. The minimum absolute atomic E-state index is 0.00200. The fourth-order valence-electron chi connectivity index (χ4n) is 4.98. The van der Waals surface area contributed by atoms with E-state index in [1.54, 1.807) is 48.2 Å². The average Bonchev–Trinajstić information content (AvgIpc) is 3.20. The van der Waals surface area contributed by atoms with Crippen molar-refractivity contribution in [2.75, 3.05) is 7.11 Å². The number of rotatable bonds is 6. The Morgan fingerprint density at radius 2 is 1.62 bits per heavy atom. The van der Waals surface area contributed by atoms with Gasteiger partial charge < -0.3 is 4.74 Å². The van der Waals surface area contributed by atoms with E-state index in [2.05, 4.69) is 4.72 Å². The van der Waals surface area contributed by atoms with Gasteiger partial charge in [0.05, 0.1) is 34.6 Å². The highest BCUT2D eigenvalue weighted by molar-refractivity contribution is 7.90. The fourth-order valence-corrected chi connectivity index (χ4v) is 5.95. The molecule has 3 aromatic carbocycles. The summed E-state index contributed by atoms with van der Waals surface area (Å²) in [6.07, 6.45) is 5.24. The van der Waals surface area contributed by atoms with Crippen molar-refractivity contribution >= 4 is 26.8 Å². The Hall–Kier alpha value is -3.85. The average molecular weight is 520 g/mol. The molecular formula is C28H29N3O5S. The van der Waals surface area contributed by atoms with Gasteiger partial charge in [-0.2, -0.15) is 0 Å². The number of carbonyl (C=O) groups excluding carboxylic acids is 1. The maximum atomic E-state index is 13.7. The number of ether oxygens (including phenoxy) is 1. The summed E-state index contributed by atoms with van der Waals surface area (Å²) >= 11 is 0. The van der Waals surface area contributed by atoms with Gasteiger partial charge in [0.2, 0.25) is 0 Å². The molecule has 1 aromatic heterocycles. The van der Waals surface area contributed by atoms with Crippen LogP contribution in [0.15, 0.2) is 76.4 Å². The van der Waals surface area contributed by atoms with Crippen LogP contribution in [0.4, 0.5) is 0 Å². The molecule has 0 saturated heterocycles. The molecule has 0 aliphatic heterocycles. The Morgan fingerprint density at radius 1 is 0.946 bits per heavy atom.